The Morgan fingerprint density at radius 2 is 2.06 bits per heavy atom. The summed E-state index contributed by atoms with van der Waals surface area (Å²) in [5.74, 6) is -0.477. The molecule has 18 heavy (non-hydrogen) atoms. The minimum atomic E-state index is -0.883. The lowest BCUT2D eigenvalue weighted by Crippen LogP contribution is -2.64. The van der Waals surface area contributed by atoms with Crippen molar-refractivity contribution in [1.82, 2.24) is 5.43 Å². The summed E-state index contributed by atoms with van der Waals surface area (Å²) in [5.41, 5.74) is 6.86. The van der Waals surface area contributed by atoms with Gasteiger partial charge in [0.25, 0.3) is 5.69 Å². The summed E-state index contributed by atoms with van der Waals surface area (Å²) >= 11 is 0. The molecule has 0 atom stereocenters. The van der Waals surface area contributed by atoms with Gasteiger partial charge in [-0.25, -0.2) is 10.1 Å². The third-order valence-corrected chi connectivity index (χ3v) is 1.74. The summed E-state index contributed by atoms with van der Waals surface area (Å²) < 4.78 is 0. The second-order valence-electron chi connectivity index (χ2n) is 2.96. The van der Waals surface area contributed by atoms with E-state index in [4.69, 9.17) is 5.73 Å². The van der Waals surface area contributed by atoms with Crippen LogP contribution in [0.25, 0.3) is 0 Å². The van der Waals surface area contributed by atoms with Gasteiger partial charge in [-0.2, -0.15) is 0 Å². The van der Waals surface area contributed by atoms with E-state index < -0.39 is 15.9 Å². The van der Waals surface area contributed by atoms with Crippen LogP contribution in [0.4, 0.5) is 5.69 Å². The van der Waals surface area contributed by atoms with Gasteiger partial charge in [-0.15, -0.1) is 5.10 Å². The van der Waals surface area contributed by atoms with E-state index >= 15 is 0 Å². The molecule has 1 rings (SSSR count). The maximum absolute atomic E-state index is 10.7. The highest BCUT2D eigenvalue weighted by Gasteiger charge is 2.12. The zero-order chi connectivity index (χ0) is 13.5. The Morgan fingerprint density at radius 1 is 1.39 bits per heavy atom. The summed E-state index contributed by atoms with van der Waals surface area (Å²) in [4.78, 5) is 20.1. The molecule has 0 radical (unpaired) electrons. The molecule has 0 saturated carbocycles. The smallest absolute Gasteiger partial charge is 0.319 e. The zero-order valence-electron chi connectivity index (χ0n) is 8.94. The topological polar surface area (TPSA) is 151 Å². The number of hydrazine groups is 1. The summed E-state index contributed by atoms with van der Waals surface area (Å²) in [6.07, 6.45) is 1.20. The lowest BCUT2D eigenvalue weighted by atomic mass is 10.2. The molecule has 0 aliphatic carbocycles. The van der Waals surface area contributed by atoms with Gasteiger partial charge in [0.15, 0.2) is 5.03 Å². The maximum atomic E-state index is 10.7. The first kappa shape index (κ1) is 13.0. The van der Waals surface area contributed by atoms with E-state index in [0.717, 1.165) is 0 Å². The number of hydrogen-bond donors (Lipinski definition) is 3. The van der Waals surface area contributed by atoms with Gasteiger partial charge < -0.3 is 5.73 Å². The van der Waals surface area contributed by atoms with E-state index in [2.05, 4.69) is 10.2 Å². The van der Waals surface area contributed by atoms with Gasteiger partial charge in [-0.1, -0.05) is 17.6 Å². The molecule has 0 spiro atoms. The van der Waals surface area contributed by atoms with Gasteiger partial charge in [0.1, 0.15) is 5.56 Å². The molecule has 1 aromatic rings. The van der Waals surface area contributed by atoms with Crippen molar-refractivity contribution >= 4 is 17.9 Å². The van der Waals surface area contributed by atoms with Crippen molar-refractivity contribution in [3.05, 3.63) is 50.1 Å². The van der Waals surface area contributed by atoms with Gasteiger partial charge in [-0.3, -0.25) is 10.1 Å². The molecule has 0 aromatic heterocycles. The number of hydrazone groups is 1. The van der Waals surface area contributed by atoms with Crippen LogP contribution in [0.2, 0.25) is 0 Å². The van der Waals surface area contributed by atoms with Crippen LogP contribution in [0.5, 0.6) is 0 Å². The van der Waals surface area contributed by atoms with Crippen LogP contribution in [0.3, 0.4) is 0 Å². The Balaban J connectivity index is 2.85. The summed E-state index contributed by atoms with van der Waals surface area (Å²) in [5, 5.41) is 25.4. The van der Waals surface area contributed by atoms with Crippen LogP contribution in [-0.4, -0.2) is 22.1 Å². The molecule has 1 aromatic carbocycles. The number of rotatable bonds is 4. The molecule has 0 bridgehead atoms. The van der Waals surface area contributed by atoms with E-state index in [9.17, 15) is 20.2 Å². The number of nitro groups is 2. The third-order valence-electron chi connectivity index (χ3n) is 1.74. The van der Waals surface area contributed by atoms with Gasteiger partial charge in [0.05, 0.1) is 4.92 Å². The number of nitrogens with one attached hydrogen (secondary N) is 2. The lowest BCUT2D eigenvalue weighted by molar-refractivity contribution is -0.528. The van der Waals surface area contributed by atoms with Crippen molar-refractivity contribution in [2.45, 2.75) is 0 Å². The van der Waals surface area contributed by atoms with Crippen molar-refractivity contribution in [3.63, 3.8) is 0 Å². The van der Waals surface area contributed by atoms with Crippen LogP contribution < -0.4 is 16.3 Å². The van der Waals surface area contributed by atoms with Crippen molar-refractivity contribution in [2.24, 2.45) is 10.8 Å². The normalized spacial score (nSPS) is 11.4. The molecule has 0 amide bonds. The minimum Gasteiger partial charge on any atom is -0.360 e. The van der Waals surface area contributed by atoms with Crippen LogP contribution in [-0.2, 0) is 0 Å². The monoisotopic (exact) mass is 253 g/mol. The average molecular weight is 253 g/mol. The first-order valence-corrected chi connectivity index (χ1v) is 4.57. The molecular weight excluding hydrogens is 244 g/mol. The fourth-order valence-electron chi connectivity index (χ4n) is 1.07. The maximum Gasteiger partial charge on any atom is 0.319 e. The fraction of sp³-hybridized carbons (Fsp3) is 0. The first-order valence-electron chi connectivity index (χ1n) is 4.57. The van der Waals surface area contributed by atoms with Crippen molar-refractivity contribution in [2.75, 3.05) is 0 Å². The zero-order valence-corrected chi connectivity index (χ0v) is 8.94. The van der Waals surface area contributed by atoms with E-state index in [1.807, 2.05) is 0 Å². The quantitative estimate of drug-likeness (QED) is 0.247. The van der Waals surface area contributed by atoms with Gasteiger partial charge in [-0.05, 0) is 6.07 Å². The van der Waals surface area contributed by atoms with Gasteiger partial charge >= 0.3 is 5.96 Å². The van der Waals surface area contributed by atoms with Crippen LogP contribution in [0.1, 0.15) is 5.56 Å². The molecule has 0 heterocycles. The number of nitro benzene ring substituents is 1. The lowest BCUT2D eigenvalue weighted by Gasteiger charge is -1.92. The second kappa shape index (κ2) is 5.89. The van der Waals surface area contributed by atoms with Crippen LogP contribution in [0.15, 0.2) is 29.4 Å². The van der Waals surface area contributed by atoms with Crippen molar-refractivity contribution in [3.8, 4) is 0 Å². The first-order chi connectivity index (χ1) is 8.50. The Hall–Kier alpha value is -3.04. The molecule has 0 saturated heterocycles. The standard InChI is InChI=1S/C8H8N6O4/c9-8(12-14(17)18)11-10-5-6-3-1-2-4-7(6)13(15)16/h1-5H,(H3,9,11,12)/p+1/b10-5+. The summed E-state index contributed by atoms with van der Waals surface area (Å²) in [6.45, 7) is 0. The third kappa shape index (κ3) is 3.84. The van der Waals surface area contributed by atoms with Crippen molar-refractivity contribution in [1.29, 1.82) is 0 Å². The molecule has 4 N–H and O–H groups in total. The predicted molar refractivity (Wildman–Crippen MR) is 61.0 cm³/mol. The Morgan fingerprint density at radius 3 is 2.67 bits per heavy atom. The molecule has 0 aliphatic rings. The van der Waals surface area contributed by atoms with E-state index in [1.165, 1.54) is 24.4 Å². The minimum absolute atomic E-state index is 0.124. The Labute approximate surface area is 100 Å². The average Bonchev–Trinajstić information content (AvgIpc) is 2.28. The number of nitrogens with two attached hydrogens (primary N) is 1. The molecule has 0 fully saturated rings. The predicted octanol–water partition coefficient (Wildman–Crippen LogP) is -1.89. The highest BCUT2D eigenvalue weighted by Crippen LogP contribution is 2.13. The number of para-hydroxylation sites is 1. The van der Waals surface area contributed by atoms with E-state index in [1.54, 1.807) is 11.5 Å². The van der Waals surface area contributed by atoms with E-state index in [0.29, 0.717) is 0 Å². The molecule has 10 nitrogen and oxygen atoms in total. The van der Waals surface area contributed by atoms with Crippen LogP contribution >= 0.6 is 0 Å². The molecule has 0 aliphatic heterocycles. The fourth-order valence-corrected chi connectivity index (χ4v) is 1.07. The SMILES string of the molecule is NC(=N/[NH+]=C/c1ccccc1[N+](=O)[O-])N[N+](=O)[O-]. The Kier molecular flexibility index (Phi) is 4.26. The number of benzene rings is 1. The van der Waals surface area contributed by atoms with Gasteiger partial charge in [0, 0.05) is 11.2 Å². The van der Waals surface area contributed by atoms with Crippen molar-refractivity contribution < 1.29 is 15.1 Å². The highest BCUT2D eigenvalue weighted by atomic mass is 16.7. The number of hydrogen-bond acceptors (Lipinski definition) is 5. The molecular formula is C8H9N6O4+. The van der Waals surface area contributed by atoms with E-state index in [-0.39, 0.29) is 11.3 Å². The van der Waals surface area contributed by atoms with Gasteiger partial charge in [0.2, 0.25) is 6.21 Å². The molecule has 94 valence electrons. The molecule has 0 unspecified atom stereocenters. The molecule has 10 heteroatoms. The Bertz CT molecular complexity index is 526. The number of guanidine groups is 1. The summed E-state index contributed by atoms with van der Waals surface area (Å²) in [7, 11) is 0. The summed E-state index contributed by atoms with van der Waals surface area (Å²) in [6, 6.07) is 5.91. The number of nitrogens with zero attached hydrogens (tertiary/aromatic N) is 3. The highest BCUT2D eigenvalue weighted by molar-refractivity contribution is 5.81. The largest absolute Gasteiger partial charge is 0.360 e. The second-order valence-corrected chi connectivity index (χ2v) is 2.96. The van der Waals surface area contributed by atoms with Crippen LogP contribution in [0, 0.1) is 20.2 Å².